The van der Waals surface area contributed by atoms with Crippen molar-refractivity contribution in [1.29, 1.82) is 0 Å². The Labute approximate surface area is 181 Å². The van der Waals surface area contributed by atoms with Gasteiger partial charge in [-0.2, -0.15) is 0 Å². The Morgan fingerprint density at radius 1 is 0.968 bits per heavy atom. The van der Waals surface area contributed by atoms with Gasteiger partial charge in [0.1, 0.15) is 12.6 Å². The molecule has 1 aliphatic rings. The van der Waals surface area contributed by atoms with Crippen molar-refractivity contribution in [2.75, 3.05) is 13.7 Å². The van der Waals surface area contributed by atoms with Crippen molar-refractivity contribution in [3.05, 3.63) is 59.7 Å². The van der Waals surface area contributed by atoms with Crippen LogP contribution in [0.15, 0.2) is 48.5 Å². The van der Waals surface area contributed by atoms with E-state index in [1.807, 2.05) is 36.4 Å². The maximum absolute atomic E-state index is 12.3. The van der Waals surface area contributed by atoms with Crippen molar-refractivity contribution in [3.8, 4) is 11.1 Å². The van der Waals surface area contributed by atoms with E-state index < -0.39 is 18.1 Å². The molecule has 1 unspecified atom stereocenters. The SMILES string of the molecule is COC(=O)CCCCCC(NC(=O)OCC1c2ccccc2-c2ccccc21)C(=O)O. The number of rotatable bonds is 10. The fraction of sp³-hybridized carbons (Fsp3) is 0.375. The highest BCUT2D eigenvalue weighted by atomic mass is 16.5. The van der Waals surface area contributed by atoms with Crippen LogP contribution in [-0.2, 0) is 19.1 Å². The van der Waals surface area contributed by atoms with Crippen LogP contribution in [0.1, 0.15) is 49.1 Å². The first-order valence-electron chi connectivity index (χ1n) is 10.4. The van der Waals surface area contributed by atoms with Crippen LogP contribution in [0.2, 0.25) is 0 Å². The Balaban J connectivity index is 1.52. The molecule has 7 heteroatoms. The van der Waals surface area contributed by atoms with E-state index in [-0.39, 0.29) is 24.9 Å². The zero-order chi connectivity index (χ0) is 22.2. The van der Waals surface area contributed by atoms with E-state index in [0.29, 0.717) is 25.7 Å². The molecule has 1 aliphatic carbocycles. The number of methoxy groups -OCH3 is 1. The molecular formula is C24H27NO6. The number of ether oxygens (including phenoxy) is 2. The Morgan fingerprint density at radius 3 is 2.16 bits per heavy atom. The van der Waals surface area contributed by atoms with Gasteiger partial charge < -0.3 is 19.9 Å². The summed E-state index contributed by atoms with van der Waals surface area (Å²) in [5, 5.41) is 11.8. The van der Waals surface area contributed by atoms with Crippen molar-refractivity contribution < 1.29 is 29.0 Å². The van der Waals surface area contributed by atoms with Crippen LogP contribution in [0.5, 0.6) is 0 Å². The van der Waals surface area contributed by atoms with E-state index >= 15 is 0 Å². The lowest BCUT2D eigenvalue weighted by atomic mass is 9.98. The topological polar surface area (TPSA) is 102 Å². The third-order valence-corrected chi connectivity index (χ3v) is 5.54. The molecule has 0 bridgehead atoms. The molecule has 7 nitrogen and oxygen atoms in total. The minimum absolute atomic E-state index is 0.0836. The van der Waals surface area contributed by atoms with E-state index in [0.717, 1.165) is 22.3 Å². The number of esters is 1. The van der Waals surface area contributed by atoms with Crippen LogP contribution in [0.3, 0.4) is 0 Å². The lowest BCUT2D eigenvalue weighted by Crippen LogP contribution is -2.41. The summed E-state index contributed by atoms with van der Waals surface area (Å²) in [5.41, 5.74) is 4.44. The van der Waals surface area contributed by atoms with Crippen LogP contribution in [0.4, 0.5) is 4.79 Å². The quantitative estimate of drug-likeness (QED) is 0.439. The summed E-state index contributed by atoms with van der Waals surface area (Å²) in [7, 11) is 1.33. The van der Waals surface area contributed by atoms with Gasteiger partial charge >= 0.3 is 18.0 Å². The first-order valence-corrected chi connectivity index (χ1v) is 10.4. The van der Waals surface area contributed by atoms with Crippen LogP contribution in [-0.4, -0.2) is 42.9 Å². The number of alkyl carbamates (subject to hydrolysis) is 1. The van der Waals surface area contributed by atoms with Gasteiger partial charge in [0.05, 0.1) is 7.11 Å². The highest BCUT2D eigenvalue weighted by Gasteiger charge is 2.29. The van der Waals surface area contributed by atoms with Gasteiger partial charge in [-0.15, -0.1) is 0 Å². The van der Waals surface area contributed by atoms with Gasteiger partial charge in [0, 0.05) is 12.3 Å². The fourth-order valence-electron chi connectivity index (χ4n) is 3.94. The normalized spacial score (nSPS) is 13.1. The standard InChI is InChI=1S/C24H27NO6/c1-30-22(26)14-4-2-3-13-21(23(27)28)25-24(29)31-15-20-18-11-7-5-9-16(18)17-10-6-8-12-19(17)20/h5-12,20-21H,2-4,13-15H2,1H3,(H,25,29)(H,27,28). The average molecular weight is 425 g/mol. The predicted octanol–water partition coefficient (Wildman–Crippen LogP) is 4.10. The van der Waals surface area contributed by atoms with Crippen molar-refractivity contribution in [1.82, 2.24) is 5.32 Å². The number of hydrogen-bond donors (Lipinski definition) is 2. The summed E-state index contributed by atoms with van der Waals surface area (Å²) >= 11 is 0. The minimum atomic E-state index is -1.11. The number of amides is 1. The second-order valence-corrected chi connectivity index (χ2v) is 7.54. The number of benzene rings is 2. The number of fused-ring (bicyclic) bond motifs is 3. The molecule has 31 heavy (non-hydrogen) atoms. The molecule has 1 atom stereocenters. The Morgan fingerprint density at radius 2 is 1.58 bits per heavy atom. The summed E-state index contributed by atoms with van der Waals surface area (Å²) in [6.45, 7) is 0.130. The third kappa shape index (κ3) is 5.63. The summed E-state index contributed by atoms with van der Waals surface area (Å²) in [5.74, 6) is -1.48. The number of carbonyl (C=O) groups is 3. The van der Waals surface area contributed by atoms with Crippen LogP contribution < -0.4 is 5.32 Å². The molecule has 3 rings (SSSR count). The summed E-state index contributed by atoms with van der Waals surface area (Å²) < 4.78 is 9.99. The number of hydrogen-bond acceptors (Lipinski definition) is 5. The third-order valence-electron chi connectivity index (χ3n) is 5.54. The van der Waals surface area contributed by atoms with Gasteiger partial charge in [0.15, 0.2) is 0 Å². The van der Waals surface area contributed by atoms with Crippen molar-refractivity contribution in [3.63, 3.8) is 0 Å². The van der Waals surface area contributed by atoms with E-state index in [1.165, 1.54) is 7.11 Å². The van der Waals surface area contributed by atoms with Gasteiger partial charge in [-0.3, -0.25) is 4.79 Å². The summed E-state index contributed by atoms with van der Waals surface area (Å²) in [6.07, 6.45) is 1.67. The molecular weight excluding hydrogens is 398 g/mol. The number of unbranched alkanes of at least 4 members (excludes halogenated alkanes) is 2. The second-order valence-electron chi connectivity index (χ2n) is 7.54. The average Bonchev–Trinajstić information content (AvgIpc) is 3.10. The number of carbonyl (C=O) groups excluding carboxylic acids is 2. The molecule has 0 fully saturated rings. The molecule has 0 aromatic heterocycles. The molecule has 0 saturated carbocycles. The number of nitrogens with one attached hydrogen (secondary N) is 1. The van der Waals surface area contributed by atoms with Gasteiger partial charge in [0.25, 0.3) is 0 Å². The van der Waals surface area contributed by atoms with Gasteiger partial charge in [-0.25, -0.2) is 9.59 Å². The summed E-state index contributed by atoms with van der Waals surface area (Å²) in [6, 6.07) is 15.0. The van der Waals surface area contributed by atoms with Crippen LogP contribution >= 0.6 is 0 Å². The van der Waals surface area contributed by atoms with Gasteiger partial charge in [-0.1, -0.05) is 61.4 Å². The molecule has 0 heterocycles. The number of carboxylic acid groups (broad SMARTS) is 1. The maximum atomic E-state index is 12.3. The number of aliphatic carboxylic acids is 1. The molecule has 0 aliphatic heterocycles. The maximum Gasteiger partial charge on any atom is 0.407 e. The smallest absolute Gasteiger partial charge is 0.407 e. The predicted molar refractivity (Wildman–Crippen MR) is 115 cm³/mol. The molecule has 2 aromatic rings. The van der Waals surface area contributed by atoms with Crippen LogP contribution in [0, 0.1) is 0 Å². The molecule has 0 saturated heterocycles. The first kappa shape index (κ1) is 22.3. The molecule has 0 spiro atoms. The van der Waals surface area contributed by atoms with E-state index in [1.54, 1.807) is 0 Å². The van der Waals surface area contributed by atoms with Crippen molar-refractivity contribution >= 4 is 18.0 Å². The lowest BCUT2D eigenvalue weighted by Gasteiger charge is -2.17. The molecule has 2 aromatic carbocycles. The molecule has 164 valence electrons. The van der Waals surface area contributed by atoms with E-state index in [2.05, 4.69) is 22.2 Å². The monoisotopic (exact) mass is 425 g/mol. The van der Waals surface area contributed by atoms with E-state index in [9.17, 15) is 19.5 Å². The Bertz CT molecular complexity index is 896. The van der Waals surface area contributed by atoms with E-state index in [4.69, 9.17) is 4.74 Å². The Kier molecular flexibility index (Phi) is 7.65. The largest absolute Gasteiger partial charge is 0.480 e. The molecule has 2 N–H and O–H groups in total. The zero-order valence-electron chi connectivity index (χ0n) is 17.5. The molecule has 0 radical (unpaired) electrons. The van der Waals surface area contributed by atoms with Gasteiger partial charge in [0.2, 0.25) is 0 Å². The summed E-state index contributed by atoms with van der Waals surface area (Å²) in [4.78, 5) is 34.9. The highest BCUT2D eigenvalue weighted by molar-refractivity contribution is 5.81. The minimum Gasteiger partial charge on any atom is -0.480 e. The second kappa shape index (κ2) is 10.6. The van der Waals surface area contributed by atoms with Gasteiger partial charge in [-0.05, 0) is 35.1 Å². The number of carboxylic acids is 1. The zero-order valence-corrected chi connectivity index (χ0v) is 17.5. The fourth-order valence-corrected chi connectivity index (χ4v) is 3.94. The lowest BCUT2D eigenvalue weighted by molar-refractivity contribution is -0.141. The van der Waals surface area contributed by atoms with Crippen molar-refractivity contribution in [2.24, 2.45) is 0 Å². The molecule has 1 amide bonds. The van der Waals surface area contributed by atoms with Crippen molar-refractivity contribution in [2.45, 2.75) is 44.1 Å². The first-order chi connectivity index (χ1) is 15.0. The van der Waals surface area contributed by atoms with Crippen LogP contribution in [0.25, 0.3) is 11.1 Å². The highest BCUT2D eigenvalue weighted by Crippen LogP contribution is 2.44. The Hall–Kier alpha value is -3.35.